The van der Waals surface area contributed by atoms with Gasteiger partial charge in [0.15, 0.2) is 0 Å². The Balaban J connectivity index is 1.41. The summed E-state index contributed by atoms with van der Waals surface area (Å²) in [6, 6.07) is 11.9. The van der Waals surface area contributed by atoms with Crippen LogP contribution in [0.2, 0.25) is 0 Å². The Morgan fingerprint density at radius 3 is 2.33 bits per heavy atom. The van der Waals surface area contributed by atoms with Gasteiger partial charge in [-0.1, -0.05) is 0 Å². The van der Waals surface area contributed by atoms with Crippen molar-refractivity contribution in [2.75, 3.05) is 5.32 Å². The van der Waals surface area contributed by atoms with Gasteiger partial charge in [-0.15, -0.1) is 11.3 Å². The molecule has 12 heteroatoms. The largest absolute Gasteiger partial charge is 0.326 e. The van der Waals surface area contributed by atoms with Crippen LogP contribution in [-0.4, -0.2) is 28.8 Å². The van der Waals surface area contributed by atoms with Crippen molar-refractivity contribution < 1.29 is 18.1 Å². The number of hydrogen-bond donors (Lipinski definition) is 1. The third kappa shape index (κ3) is 4.66. The number of non-ortho nitro benzene ring substituents is 1. The number of sulfone groups is 1. The van der Waals surface area contributed by atoms with Crippen LogP contribution in [0.3, 0.4) is 0 Å². The minimum atomic E-state index is -3.87. The molecule has 10 nitrogen and oxygen atoms in total. The van der Waals surface area contributed by atoms with Gasteiger partial charge in [-0.2, -0.15) is 0 Å². The van der Waals surface area contributed by atoms with Gasteiger partial charge in [0.1, 0.15) is 4.83 Å². The van der Waals surface area contributed by atoms with Crippen LogP contribution in [0.15, 0.2) is 80.9 Å². The molecule has 1 amide bonds. The van der Waals surface area contributed by atoms with Crippen molar-refractivity contribution in [2.24, 2.45) is 0 Å². The highest BCUT2D eigenvalue weighted by Crippen LogP contribution is 2.24. The molecule has 0 atom stereocenters. The van der Waals surface area contributed by atoms with E-state index < -0.39 is 14.8 Å². The summed E-state index contributed by atoms with van der Waals surface area (Å²) >= 11 is 1.37. The molecule has 2 heterocycles. The second kappa shape index (κ2) is 8.92. The van der Waals surface area contributed by atoms with E-state index in [0.29, 0.717) is 15.9 Å². The van der Waals surface area contributed by atoms with E-state index in [-0.39, 0.29) is 39.9 Å². The molecule has 33 heavy (non-hydrogen) atoms. The number of hydrogen-bond acceptors (Lipinski definition) is 8. The number of aryl methyl sites for hydroxylation is 1. The summed E-state index contributed by atoms with van der Waals surface area (Å²) in [5, 5.41) is 15.7. The topological polar surface area (TPSA) is 141 Å². The van der Waals surface area contributed by atoms with E-state index in [9.17, 15) is 28.1 Å². The van der Waals surface area contributed by atoms with Crippen LogP contribution in [0.4, 0.5) is 11.4 Å². The first-order chi connectivity index (χ1) is 15.8. The van der Waals surface area contributed by atoms with E-state index in [1.165, 1.54) is 58.6 Å². The van der Waals surface area contributed by atoms with Gasteiger partial charge in [0.25, 0.3) is 11.2 Å². The van der Waals surface area contributed by atoms with Gasteiger partial charge in [0, 0.05) is 30.8 Å². The summed E-state index contributed by atoms with van der Waals surface area (Å²) in [5.74, 6) is -0.349. The Morgan fingerprint density at radius 1 is 1.06 bits per heavy atom. The van der Waals surface area contributed by atoms with Crippen molar-refractivity contribution in [3.8, 4) is 0 Å². The van der Waals surface area contributed by atoms with Gasteiger partial charge < -0.3 is 5.32 Å². The highest BCUT2D eigenvalue weighted by molar-refractivity contribution is 7.91. The highest BCUT2D eigenvalue weighted by Gasteiger charge is 2.19. The van der Waals surface area contributed by atoms with Crippen molar-refractivity contribution in [3.63, 3.8) is 0 Å². The summed E-state index contributed by atoms with van der Waals surface area (Å²) in [7, 11) is -3.87. The lowest BCUT2D eigenvalue weighted by atomic mass is 10.3. The van der Waals surface area contributed by atoms with Crippen LogP contribution >= 0.6 is 11.3 Å². The zero-order valence-electron chi connectivity index (χ0n) is 16.9. The maximum atomic E-state index is 12.7. The van der Waals surface area contributed by atoms with Gasteiger partial charge in [-0.3, -0.25) is 24.3 Å². The number of carbonyl (C=O) groups is 1. The molecule has 0 aliphatic heterocycles. The second-order valence-corrected chi connectivity index (χ2v) is 9.80. The van der Waals surface area contributed by atoms with Gasteiger partial charge in [0.2, 0.25) is 15.7 Å². The fourth-order valence-electron chi connectivity index (χ4n) is 3.10. The molecule has 4 aromatic rings. The number of amides is 1. The fraction of sp³-hybridized carbons (Fsp3) is 0.0952. The summed E-state index contributed by atoms with van der Waals surface area (Å²) in [4.78, 5) is 39.5. The van der Waals surface area contributed by atoms with Crippen molar-refractivity contribution in [1.82, 2.24) is 9.55 Å². The minimum absolute atomic E-state index is 0.0176. The van der Waals surface area contributed by atoms with Crippen molar-refractivity contribution in [3.05, 3.63) is 86.8 Å². The van der Waals surface area contributed by atoms with Crippen LogP contribution in [0, 0.1) is 10.1 Å². The van der Waals surface area contributed by atoms with Crippen molar-refractivity contribution >= 4 is 48.7 Å². The standard InChI is InChI=1S/C21H16N4O6S2/c26-19(9-11-24-13-22-20-18(21(24)27)10-12-32-20)23-14-1-5-16(6-2-14)33(30,31)17-7-3-15(4-8-17)25(28)29/h1-8,10,12-13H,9,11H2,(H,23,26). The first kappa shape index (κ1) is 22.3. The molecule has 0 aliphatic carbocycles. The summed E-state index contributed by atoms with van der Waals surface area (Å²) in [6.07, 6.45) is 1.44. The molecule has 0 spiro atoms. The Labute approximate surface area is 191 Å². The summed E-state index contributed by atoms with van der Waals surface area (Å²) in [5.41, 5.74) is -0.0310. The van der Waals surface area contributed by atoms with Gasteiger partial charge in [-0.05, 0) is 47.8 Å². The van der Waals surface area contributed by atoms with E-state index in [4.69, 9.17) is 0 Å². The lowest BCUT2D eigenvalue weighted by molar-refractivity contribution is -0.384. The van der Waals surface area contributed by atoms with Crippen LogP contribution in [0.1, 0.15) is 6.42 Å². The monoisotopic (exact) mass is 484 g/mol. The normalized spacial score (nSPS) is 11.4. The summed E-state index contributed by atoms with van der Waals surface area (Å²) in [6.45, 7) is 0.149. The molecular weight excluding hydrogens is 468 g/mol. The zero-order chi connectivity index (χ0) is 23.6. The van der Waals surface area contributed by atoms with E-state index in [2.05, 4.69) is 10.3 Å². The van der Waals surface area contributed by atoms with E-state index in [0.717, 1.165) is 12.1 Å². The van der Waals surface area contributed by atoms with Crippen LogP contribution in [0.5, 0.6) is 0 Å². The molecule has 168 valence electrons. The number of benzene rings is 2. The maximum Gasteiger partial charge on any atom is 0.269 e. The summed E-state index contributed by atoms with van der Waals surface area (Å²) < 4.78 is 26.8. The van der Waals surface area contributed by atoms with Crippen molar-refractivity contribution in [2.45, 2.75) is 22.8 Å². The number of nitrogens with one attached hydrogen (secondary N) is 1. The number of rotatable bonds is 7. The fourth-order valence-corrected chi connectivity index (χ4v) is 5.08. The number of nitro benzene ring substituents is 1. The lowest BCUT2D eigenvalue weighted by Gasteiger charge is -2.09. The Hall–Kier alpha value is -3.90. The van der Waals surface area contributed by atoms with Crippen molar-refractivity contribution in [1.29, 1.82) is 0 Å². The van der Waals surface area contributed by atoms with E-state index in [1.807, 2.05) is 0 Å². The number of fused-ring (bicyclic) bond motifs is 1. The molecule has 0 bridgehead atoms. The number of thiophene rings is 1. The van der Waals surface area contributed by atoms with Crippen LogP contribution in [0.25, 0.3) is 10.2 Å². The van der Waals surface area contributed by atoms with Crippen LogP contribution in [-0.2, 0) is 21.2 Å². The third-order valence-electron chi connectivity index (χ3n) is 4.84. The molecule has 0 fully saturated rings. The smallest absolute Gasteiger partial charge is 0.269 e. The third-order valence-corrected chi connectivity index (χ3v) is 7.44. The molecule has 2 aromatic heterocycles. The molecule has 0 saturated carbocycles. The second-order valence-electron chi connectivity index (χ2n) is 6.96. The van der Waals surface area contributed by atoms with Crippen LogP contribution < -0.4 is 10.9 Å². The molecule has 0 radical (unpaired) electrons. The highest BCUT2D eigenvalue weighted by atomic mass is 32.2. The zero-order valence-corrected chi connectivity index (χ0v) is 18.5. The average Bonchev–Trinajstić information content (AvgIpc) is 3.29. The average molecular weight is 485 g/mol. The molecule has 4 rings (SSSR count). The SMILES string of the molecule is O=C(CCn1cnc2sccc2c1=O)Nc1ccc(S(=O)(=O)c2ccc([N+](=O)[O-])cc2)cc1. The quantitative estimate of drug-likeness (QED) is 0.313. The van der Waals surface area contributed by atoms with Gasteiger partial charge in [0.05, 0.1) is 26.4 Å². The Morgan fingerprint density at radius 2 is 1.70 bits per heavy atom. The molecule has 0 unspecified atom stereocenters. The van der Waals surface area contributed by atoms with E-state index in [1.54, 1.807) is 11.4 Å². The number of anilines is 1. The number of aromatic nitrogens is 2. The minimum Gasteiger partial charge on any atom is -0.326 e. The Bertz CT molecular complexity index is 1510. The van der Waals surface area contributed by atoms with Gasteiger partial charge >= 0.3 is 0 Å². The molecule has 2 aromatic carbocycles. The molecular formula is C21H16N4O6S2. The van der Waals surface area contributed by atoms with E-state index >= 15 is 0 Å². The maximum absolute atomic E-state index is 12.7. The molecule has 1 N–H and O–H groups in total. The first-order valence-electron chi connectivity index (χ1n) is 9.58. The van der Waals surface area contributed by atoms with Gasteiger partial charge in [-0.25, -0.2) is 13.4 Å². The Kier molecular flexibility index (Phi) is 6.03. The lowest BCUT2D eigenvalue weighted by Crippen LogP contribution is -2.23. The first-order valence-corrected chi connectivity index (χ1v) is 11.9. The predicted octanol–water partition coefficient (Wildman–Crippen LogP) is 3.23. The number of carbonyl (C=O) groups excluding carboxylic acids is 1. The molecule has 0 aliphatic rings. The predicted molar refractivity (Wildman–Crippen MR) is 122 cm³/mol. The number of nitrogens with zero attached hydrogens (tertiary/aromatic N) is 3. The molecule has 0 saturated heterocycles. The number of nitro groups is 1.